The highest BCUT2D eigenvalue weighted by Gasteiger charge is 2.24. The van der Waals surface area contributed by atoms with E-state index in [0.717, 1.165) is 16.9 Å². The van der Waals surface area contributed by atoms with E-state index in [-0.39, 0.29) is 23.0 Å². The number of pyridine rings is 1. The van der Waals surface area contributed by atoms with Crippen molar-refractivity contribution in [2.45, 2.75) is 0 Å². The van der Waals surface area contributed by atoms with Crippen LogP contribution in [0.25, 0.3) is 21.3 Å². The maximum atomic E-state index is 12.9. The van der Waals surface area contributed by atoms with Crippen molar-refractivity contribution >= 4 is 44.7 Å². The number of amides is 1. The maximum absolute atomic E-state index is 12.9. The number of nitriles is 1. The van der Waals surface area contributed by atoms with Gasteiger partial charge in [-0.3, -0.25) is 4.79 Å². The first kappa shape index (κ1) is 19.2. The molecule has 0 radical (unpaired) electrons. The van der Waals surface area contributed by atoms with Crippen LogP contribution in [0.15, 0.2) is 54.6 Å². The highest BCUT2D eigenvalue weighted by atomic mass is 32.1. The first-order chi connectivity index (χ1) is 14.5. The van der Waals surface area contributed by atoms with Crippen LogP contribution in [-0.4, -0.2) is 18.0 Å². The average molecular weight is 415 g/mol. The summed E-state index contributed by atoms with van der Waals surface area (Å²) in [7, 11) is 1.57. The van der Waals surface area contributed by atoms with Gasteiger partial charge in [0.25, 0.3) is 5.91 Å². The molecule has 0 fully saturated rings. The molecule has 8 heteroatoms. The summed E-state index contributed by atoms with van der Waals surface area (Å²) >= 11 is 1.14. The predicted molar refractivity (Wildman–Crippen MR) is 120 cm³/mol. The lowest BCUT2D eigenvalue weighted by Gasteiger charge is -2.09. The second kappa shape index (κ2) is 7.73. The molecule has 7 nitrogen and oxygen atoms in total. The minimum atomic E-state index is -0.364. The Morgan fingerprint density at radius 1 is 1.13 bits per heavy atom. The molecule has 0 atom stereocenters. The highest BCUT2D eigenvalue weighted by Crippen LogP contribution is 2.42. The third-order valence-electron chi connectivity index (χ3n) is 4.63. The van der Waals surface area contributed by atoms with E-state index in [2.05, 4.69) is 16.4 Å². The van der Waals surface area contributed by atoms with Crippen LogP contribution >= 0.6 is 11.3 Å². The standard InChI is InChI=1S/C22H17N5O2S/c1-29-14-9-7-13(8-10-14)26-21(28)19-18(24)17-16(12-5-3-2-4-6-12)15(11-23)20(25)27-22(17)30-19/h2-10H,24H2,1H3,(H2,25,27)(H,26,28). The van der Waals surface area contributed by atoms with Gasteiger partial charge in [0.15, 0.2) is 0 Å². The van der Waals surface area contributed by atoms with Crippen LogP contribution in [0.2, 0.25) is 0 Å². The average Bonchev–Trinajstić information content (AvgIpc) is 3.09. The molecule has 2 heterocycles. The molecule has 0 aliphatic heterocycles. The molecule has 1 amide bonds. The van der Waals surface area contributed by atoms with E-state index >= 15 is 0 Å². The summed E-state index contributed by atoms with van der Waals surface area (Å²) in [6.45, 7) is 0. The van der Waals surface area contributed by atoms with Crippen molar-refractivity contribution in [1.82, 2.24) is 4.98 Å². The second-order valence-electron chi connectivity index (χ2n) is 6.43. The molecule has 0 aliphatic rings. The largest absolute Gasteiger partial charge is 0.497 e. The summed E-state index contributed by atoms with van der Waals surface area (Å²) in [5.41, 5.74) is 14.9. The quantitative estimate of drug-likeness (QED) is 0.457. The topological polar surface area (TPSA) is 127 Å². The Bertz CT molecular complexity index is 1290. The maximum Gasteiger partial charge on any atom is 0.267 e. The van der Waals surface area contributed by atoms with Crippen LogP contribution in [0.4, 0.5) is 17.2 Å². The van der Waals surface area contributed by atoms with Gasteiger partial charge in [-0.15, -0.1) is 11.3 Å². The van der Waals surface area contributed by atoms with Gasteiger partial charge in [0.2, 0.25) is 0 Å². The number of anilines is 3. The number of methoxy groups -OCH3 is 1. The van der Waals surface area contributed by atoms with E-state index in [1.807, 2.05) is 30.3 Å². The number of fused-ring (bicyclic) bond motifs is 1. The molecule has 0 saturated carbocycles. The summed E-state index contributed by atoms with van der Waals surface area (Å²) in [6, 6.07) is 18.4. The minimum Gasteiger partial charge on any atom is -0.497 e. The monoisotopic (exact) mass is 415 g/mol. The summed E-state index contributed by atoms with van der Waals surface area (Å²) < 4.78 is 5.13. The molecule has 4 rings (SSSR count). The fourth-order valence-corrected chi connectivity index (χ4v) is 4.21. The normalized spacial score (nSPS) is 10.5. The molecule has 2 aromatic carbocycles. The number of hydrogen-bond donors (Lipinski definition) is 3. The molecule has 0 spiro atoms. The first-order valence-electron chi connectivity index (χ1n) is 8.95. The Morgan fingerprint density at radius 2 is 1.83 bits per heavy atom. The first-order valence-corrected chi connectivity index (χ1v) is 9.77. The van der Waals surface area contributed by atoms with E-state index < -0.39 is 0 Å². The van der Waals surface area contributed by atoms with Gasteiger partial charge in [-0.05, 0) is 29.8 Å². The molecule has 0 aliphatic carbocycles. The van der Waals surface area contributed by atoms with E-state index in [0.29, 0.717) is 32.1 Å². The summed E-state index contributed by atoms with van der Waals surface area (Å²) in [5, 5.41) is 13.0. The van der Waals surface area contributed by atoms with Crippen molar-refractivity contribution < 1.29 is 9.53 Å². The Labute approximate surface area is 176 Å². The number of rotatable bonds is 4. The molecule has 148 valence electrons. The van der Waals surface area contributed by atoms with Crippen molar-refractivity contribution in [2.24, 2.45) is 0 Å². The number of benzene rings is 2. The fourth-order valence-electron chi connectivity index (χ4n) is 3.21. The number of thiophene rings is 1. The number of carbonyl (C=O) groups excluding carboxylic acids is 1. The van der Waals surface area contributed by atoms with E-state index in [9.17, 15) is 10.1 Å². The number of carbonyl (C=O) groups is 1. The molecule has 5 N–H and O–H groups in total. The van der Waals surface area contributed by atoms with Gasteiger partial charge in [-0.1, -0.05) is 30.3 Å². The van der Waals surface area contributed by atoms with E-state index in [1.165, 1.54) is 0 Å². The lowest BCUT2D eigenvalue weighted by Crippen LogP contribution is -2.11. The third-order valence-corrected chi connectivity index (χ3v) is 5.73. The Hall–Kier alpha value is -4.09. The van der Waals surface area contributed by atoms with Gasteiger partial charge in [-0.2, -0.15) is 5.26 Å². The predicted octanol–water partition coefficient (Wildman–Crippen LogP) is 4.26. The number of hydrogen-bond acceptors (Lipinski definition) is 7. The number of nitrogens with two attached hydrogens (primary N) is 2. The molecular formula is C22H17N5O2S. The molecule has 2 aromatic heterocycles. The molecule has 0 bridgehead atoms. The molecule has 4 aromatic rings. The van der Waals surface area contributed by atoms with Crippen LogP contribution < -0.4 is 21.5 Å². The smallest absolute Gasteiger partial charge is 0.267 e. The third kappa shape index (κ3) is 3.27. The van der Waals surface area contributed by atoms with Crippen LogP contribution in [0.3, 0.4) is 0 Å². The van der Waals surface area contributed by atoms with Crippen molar-refractivity contribution in [3.8, 4) is 22.9 Å². The minimum absolute atomic E-state index is 0.104. The fraction of sp³-hybridized carbons (Fsp3) is 0.0455. The van der Waals surface area contributed by atoms with Gasteiger partial charge < -0.3 is 21.5 Å². The van der Waals surface area contributed by atoms with Crippen molar-refractivity contribution in [3.63, 3.8) is 0 Å². The zero-order valence-corrected chi connectivity index (χ0v) is 16.8. The molecule has 0 saturated heterocycles. The van der Waals surface area contributed by atoms with Crippen LogP contribution in [-0.2, 0) is 0 Å². The number of nitrogen functional groups attached to an aromatic ring is 2. The van der Waals surface area contributed by atoms with Gasteiger partial charge in [-0.25, -0.2) is 4.98 Å². The van der Waals surface area contributed by atoms with Crippen LogP contribution in [0.5, 0.6) is 5.75 Å². The highest BCUT2D eigenvalue weighted by molar-refractivity contribution is 7.21. The number of ether oxygens (including phenoxy) is 1. The summed E-state index contributed by atoms with van der Waals surface area (Å²) in [4.78, 5) is 18.0. The SMILES string of the molecule is COc1ccc(NC(=O)c2sc3nc(N)c(C#N)c(-c4ccccc4)c3c2N)cc1. The summed E-state index contributed by atoms with van der Waals surface area (Å²) in [6.07, 6.45) is 0. The lowest BCUT2D eigenvalue weighted by atomic mass is 9.97. The van der Waals surface area contributed by atoms with Crippen LogP contribution in [0.1, 0.15) is 15.2 Å². The molecule has 0 unspecified atom stereocenters. The second-order valence-corrected chi connectivity index (χ2v) is 7.43. The van der Waals surface area contributed by atoms with Gasteiger partial charge in [0, 0.05) is 16.6 Å². The van der Waals surface area contributed by atoms with E-state index in [4.69, 9.17) is 16.2 Å². The van der Waals surface area contributed by atoms with Crippen molar-refractivity contribution in [1.29, 1.82) is 5.26 Å². The zero-order valence-electron chi connectivity index (χ0n) is 16.0. The number of aromatic nitrogens is 1. The Morgan fingerprint density at radius 3 is 2.47 bits per heavy atom. The molecule has 30 heavy (non-hydrogen) atoms. The Kier molecular flexibility index (Phi) is 4.96. The number of nitrogens with zero attached hydrogens (tertiary/aromatic N) is 2. The van der Waals surface area contributed by atoms with Crippen molar-refractivity contribution in [3.05, 3.63) is 65.0 Å². The van der Waals surface area contributed by atoms with Crippen LogP contribution in [0, 0.1) is 11.3 Å². The van der Waals surface area contributed by atoms with Crippen molar-refractivity contribution in [2.75, 3.05) is 23.9 Å². The van der Waals surface area contributed by atoms with Gasteiger partial charge >= 0.3 is 0 Å². The van der Waals surface area contributed by atoms with E-state index in [1.54, 1.807) is 31.4 Å². The lowest BCUT2D eigenvalue weighted by molar-refractivity contribution is 0.103. The van der Waals surface area contributed by atoms with Gasteiger partial charge in [0.05, 0.1) is 12.8 Å². The molecular weight excluding hydrogens is 398 g/mol. The van der Waals surface area contributed by atoms with Gasteiger partial charge in [0.1, 0.15) is 32.9 Å². The summed E-state index contributed by atoms with van der Waals surface area (Å²) in [5.74, 6) is 0.426. The Balaban J connectivity index is 1.84. The number of nitrogens with one attached hydrogen (secondary N) is 1. The zero-order chi connectivity index (χ0) is 21.3.